The summed E-state index contributed by atoms with van der Waals surface area (Å²) in [6.45, 7) is 2.86. The lowest BCUT2D eigenvalue weighted by Gasteiger charge is -2.36. The van der Waals surface area contributed by atoms with Gasteiger partial charge in [0.1, 0.15) is 11.4 Å². The van der Waals surface area contributed by atoms with Crippen LogP contribution in [0.5, 0.6) is 0 Å². The van der Waals surface area contributed by atoms with Crippen LogP contribution in [0.4, 0.5) is 23.2 Å². The number of nitrogens with zero attached hydrogens (tertiary/aromatic N) is 4. The average Bonchev–Trinajstić information content (AvgIpc) is 2.90. The molecule has 11 heteroatoms. The third-order valence-corrected chi connectivity index (χ3v) is 5.37. The largest absolute Gasteiger partial charge is 0.417 e. The first-order valence-corrected chi connectivity index (χ1v) is 9.55. The van der Waals surface area contributed by atoms with Crippen molar-refractivity contribution in [1.82, 2.24) is 10.0 Å². The van der Waals surface area contributed by atoms with Gasteiger partial charge in [0.05, 0.1) is 28.4 Å². The third kappa shape index (κ3) is 3.67. The van der Waals surface area contributed by atoms with E-state index in [1.165, 1.54) is 45.2 Å². The number of alkyl halides is 3. The Morgan fingerprint density at radius 1 is 1.19 bits per heavy atom. The molecule has 32 heavy (non-hydrogen) atoms. The second-order valence-electron chi connectivity index (χ2n) is 7.44. The Kier molecular flexibility index (Phi) is 5.69. The van der Waals surface area contributed by atoms with Crippen molar-refractivity contribution in [3.63, 3.8) is 0 Å². The molecule has 1 fully saturated rings. The minimum Gasteiger partial charge on any atom is -0.271 e. The molecule has 0 atom stereocenters. The number of hydrogen-bond donors (Lipinski definition) is 0. The summed E-state index contributed by atoms with van der Waals surface area (Å²) in [6, 6.07) is 9.46. The van der Waals surface area contributed by atoms with Crippen LogP contribution in [0.3, 0.4) is 0 Å². The molecule has 2 amide bonds. The predicted molar refractivity (Wildman–Crippen MR) is 111 cm³/mol. The van der Waals surface area contributed by atoms with Gasteiger partial charge in [0.2, 0.25) is 5.11 Å². The standard InChI is InChI=1S/C21H16F4N4O2S/c1-20(2)18(31)28(13-9-8-12(11-26)15(10-13)21(23,24)25)19(32)29(20)27(3)17(30)14-6-4-5-7-16(14)22/h4-10H,1-3H3. The quantitative estimate of drug-likeness (QED) is 0.505. The Morgan fingerprint density at radius 3 is 2.38 bits per heavy atom. The lowest BCUT2D eigenvalue weighted by molar-refractivity contribution is -0.137. The normalized spacial score (nSPS) is 15.7. The van der Waals surface area contributed by atoms with Gasteiger partial charge in [0, 0.05) is 7.05 Å². The number of nitriles is 1. The Hall–Kier alpha value is -3.52. The van der Waals surface area contributed by atoms with E-state index in [-0.39, 0.29) is 16.4 Å². The molecular formula is C21H16F4N4O2S. The topological polar surface area (TPSA) is 67.7 Å². The molecule has 2 aromatic rings. The van der Waals surface area contributed by atoms with Gasteiger partial charge in [0.15, 0.2) is 0 Å². The number of rotatable bonds is 3. The molecule has 1 aliphatic heterocycles. The fourth-order valence-electron chi connectivity index (χ4n) is 3.42. The van der Waals surface area contributed by atoms with Crippen molar-refractivity contribution in [3.8, 4) is 6.07 Å². The van der Waals surface area contributed by atoms with Crippen LogP contribution in [-0.2, 0) is 11.0 Å². The van der Waals surface area contributed by atoms with E-state index in [0.717, 1.165) is 33.1 Å². The number of anilines is 1. The molecule has 0 unspecified atom stereocenters. The van der Waals surface area contributed by atoms with Crippen molar-refractivity contribution in [2.75, 3.05) is 11.9 Å². The van der Waals surface area contributed by atoms with Crippen LogP contribution in [0.15, 0.2) is 42.5 Å². The molecule has 0 radical (unpaired) electrons. The zero-order valence-electron chi connectivity index (χ0n) is 17.1. The summed E-state index contributed by atoms with van der Waals surface area (Å²) < 4.78 is 54.3. The minimum atomic E-state index is -4.84. The highest BCUT2D eigenvalue weighted by Crippen LogP contribution is 2.38. The Morgan fingerprint density at radius 2 is 1.81 bits per heavy atom. The molecule has 6 nitrogen and oxygen atoms in total. The molecule has 0 saturated carbocycles. The van der Waals surface area contributed by atoms with Gasteiger partial charge in [-0.1, -0.05) is 12.1 Å². The molecule has 1 saturated heterocycles. The molecule has 0 spiro atoms. The summed E-state index contributed by atoms with van der Waals surface area (Å²) in [7, 11) is 1.28. The summed E-state index contributed by atoms with van der Waals surface area (Å²) >= 11 is 5.34. The number of carbonyl (C=O) groups excluding carboxylic acids is 2. The van der Waals surface area contributed by atoms with Gasteiger partial charge in [-0.2, -0.15) is 18.4 Å². The van der Waals surface area contributed by atoms with Crippen molar-refractivity contribution >= 4 is 34.8 Å². The number of benzene rings is 2. The van der Waals surface area contributed by atoms with Crippen LogP contribution in [-0.4, -0.2) is 39.5 Å². The number of carbonyl (C=O) groups is 2. The van der Waals surface area contributed by atoms with Crippen molar-refractivity contribution in [3.05, 3.63) is 65.0 Å². The zero-order valence-corrected chi connectivity index (χ0v) is 17.9. The van der Waals surface area contributed by atoms with E-state index in [2.05, 4.69) is 0 Å². The maximum Gasteiger partial charge on any atom is 0.417 e. The van der Waals surface area contributed by atoms with Crippen LogP contribution in [0.2, 0.25) is 0 Å². The van der Waals surface area contributed by atoms with E-state index in [9.17, 15) is 27.2 Å². The number of thiocarbonyl (C=S) groups is 1. The van der Waals surface area contributed by atoms with Crippen LogP contribution in [0.25, 0.3) is 0 Å². The van der Waals surface area contributed by atoms with E-state index >= 15 is 0 Å². The molecule has 0 N–H and O–H groups in total. The Balaban J connectivity index is 2.05. The first-order chi connectivity index (χ1) is 14.8. The second kappa shape index (κ2) is 7.87. The molecule has 1 heterocycles. The zero-order chi connectivity index (χ0) is 24.0. The van der Waals surface area contributed by atoms with E-state index in [1.807, 2.05) is 0 Å². The number of amides is 2. The van der Waals surface area contributed by atoms with Crippen LogP contribution in [0, 0.1) is 17.1 Å². The SMILES string of the molecule is CN(C(=O)c1ccccc1F)N1C(=S)N(c2ccc(C#N)c(C(F)(F)F)c2)C(=O)C1(C)C. The van der Waals surface area contributed by atoms with E-state index in [1.54, 1.807) is 0 Å². The van der Waals surface area contributed by atoms with Crippen LogP contribution >= 0.6 is 12.2 Å². The average molecular weight is 464 g/mol. The second-order valence-corrected chi connectivity index (χ2v) is 7.81. The number of hydrazine groups is 1. The smallest absolute Gasteiger partial charge is 0.271 e. The van der Waals surface area contributed by atoms with Gasteiger partial charge in [0.25, 0.3) is 11.8 Å². The molecule has 0 aromatic heterocycles. The summed E-state index contributed by atoms with van der Waals surface area (Å²) in [5, 5.41) is 10.8. The molecule has 2 aromatic carbocycles. The van der Waals surface area contributed by atoms with E-state index in [0.29, 0.717) is 6.07 Å². The number of hydrogen-bond acceptors (Lipinski definition) is 4. The van der Waals surface area contributed by atoms with Gasteiger partial charge >= 0.3 is 6.18 Å². The lowest BCUT2D eigenvalue weighted by atomic mass is 10.0. The van der Waals surface area contributed by atoms with Crippen LogP contribution in [0.1, 0.15) is 35.3 Å². The minimum absolute atomic E-state index is 0.214. The molecule has 166 valence electrons. The molecular weight excluding hydrogens is 448 g/mol. The fourth-order valence-corrected chi connectivity index (χ4v) is 3.96. The highest BCUT2D eigenvalue weighted by Gasteiger charge is 2.53. The van der Waals surface area contributed by atoms with Gasteiger partial charge in [-0.3, -0.25) is 14.5 Å². The van der Waals surface area contributed by atoms with Gasteiger partial charge in [-0.05, 0) is 56.4 Å². The van der Waals surface area contributed by atoms with Crippen molar-refractivity contribution in [1.29, 1.82) is 5.26 Å². The highest BCUT2D eigenvalue weighted by molar-refractivity contribution is 7.80. The summed E-state index contributed by atoms with van der Waals surface area (Å²) in [6.07, 6.45) is -4.84. The van der Waals surface area contributed by atoms with Crippen molar-refractivity contribution in [2.45, 2.75) is 25.6 Å². The highest BCUT2D eigenvalue weighted by atomic mass is 32.1. The molecule has 0 bridgehead atoms. The van der Waals surface area contributed by atoms with Crippen molar-refractivity contribution in [2.24, 2.45) is 0 Å². The van der Waals surface area contributed by atoms with E-state index < -0.39 is 40.5 Å². The predicted octanol–water partition coefficient (Wildman–Crippen LogP) is 4.12. The van der Waals surface area contributed by atoms with Gasteiger partial charge in [-0.25, -0.2) is 14.4 Å². The first-order valence-electron chi connectivity index (χ1n) is 9.15. The fraction of sp³-hybridized carbons (Fsp3) is 0.238. The summed E-state index contributed by atoms with van der Waals surface area (Å²) in [5.41, 5.74) is -3.79. The molecule has 0 aliphatic carbocycles. The Labute approximate surface area is 186 Å². The number of halogens is 4. The van der Waals surface area contributed by atoms with Gasteiger partial charge in [-0.15, -0.1) is 0 Å². The Bertz CT molecular complexity index is 1170. The van der Waals surface area contributed by atoms with Crippen LogP contribution < -0.4 is 4.90 Å². The first kappa shape index (κ1) is 23.1. The maximum atomic E-state index is 14.1. The molecule has 3 rings (SSSR count). The van der Waals surface area contributed by atoms with E-state index in [4.69, 9.17) is 17.5 Å². The molecule has 1 aliphatic rings. The van der Waals surface area contributed by atoms with Gasteiger partial charge < -0.3 is 0 Å². The third-order valence-electron chi connectivity index (χ3n) is 5.01. The summed E-state index contributed by atoms with van der Waals surface area (Å²) in [4.78, 5) is 26.9. The lowest BCUT2D eigenvalue weighted by Crippen LogP contribution is -2.54. The summed E-state index contributed by atoms with van der Waals surface area (Å²) in [5.74, 6) is -2.28. The maximum absolute atomic E-state index is 14.1. The monoisotopic (exact) mass is 464 g/mol. The van der Waals surface area contributed by atoms with Crippen molar-refractivity contribution < 1.29 is 27.2 Å².